The standard InChI is InChI=1S/C22H24N2O7S/c1-4-30-21(26)16-11-17(22(27)31-5-2)13-18(12-16)23-20(25)15-6-7-19-14(10-15)8-9-24(19)32(3,28)29/h6-7,10-13H,4-5,8-9H2,1-3H3,(H,23,25). The summed E-state index contributed by atoms with van der Waals surface area (Å²) < 4.78 is 35.1. The molecule has 1 N–H and O–H groups in total. The molecule has 0 saturated carbocycles. The minimum atomic E-state index is -3.39. The monoisotopic (exact) mass is 460 g/mol. The number of esters is 2. The van der Waals surface area contributed by atoms with Gasteiger partial charge in [0.05, 0.1) is 36.3 Å². The lowest BCUT2D eigenvalue weighted by molar-refractivity contribution is 0.0525. The Morgan fingerprint density at radius 1 is 0.938 bits per heavy atom. The van der Waals surface area contributed by atoms with Gasteiger partial charge in [-0.3, -0.25) is 9.10 Å². The van der Waals surface area contributed by atoms with Crippen molar-refractivity contribution in [2.24, 2.45) is 0 Å². The SMILES string of the molecule is CCOC(=O)c1cc(NC(=O)c2ccc3c(c2)CCN3S(C)(=O)=O)cc(C(=O)OCC)c1. The van der Waals surface area contributed by atoms with Crippen LogP contribution in [0, 0.1) is 0 Å². The molecule has 3 rings (SSSR count). The summed E-state index contributed by atoms with van der Waals surface area (Å²) in [7, 11) is -3.39. The van der Waals surface area contributed by atoms with Crippen molar-refractivity contribution in [1.82, 2.24) is 0 Å². The van der Waals surface area contributed by atoms with Crippen LogP contribution in [-0.2, 0) is 25.9 Å². The Bertz CT molecular complexity index is 1140. The second-order valence-corrected chi connectivity index (χ2v) is 9.03. The Balaban J connectivity index is 1.88. The summed E-state index contributed by atoms with van der Waals surface area (Å²) in [6.45, 7) is 3.96. The quantitative estimate of drug-likeness (QED) is 0.631. The Morgan fingerprint density at radius 2 is 1.53 bits per heavy atom. The zero-order valence-electron chi connectivity index (χ0n) is 18.0. The van der Waals surface area contributed by atoms with E-state index in [1.54, 1.807) is 26.0 Å². The van der Waals surface area contributed by atoms with E-state index in [1.807, 2.05) is 0 Å². The second kappa shape index (κ2) is 9.39. The van der Waals surface area contributed by atoms with Crippen LogP contribution in [0.5, 0.6) is 0 Å². The Hall–Kier alpha value is -3.40. The lowest BCUT2D eigenvalue weighted by atomic mass is 10.1. The van der Waals surface area contributed by atoms with E-state index in [9.17, 15) is 22.8 Å². The van der Waals surface area contributed by atoms with Crippen molar-refractivity contribution in [3.05, 3.63) is 58.7 Å². The highest BCUT2D eigenvalue weighted by Gasteiger charge is 2.27. The molecular formula is C22H24N2O7S. The molecule has 0 fully saturated rings. The molecule has 1 amide bonds. The zero-order valence-corrected chi connectivity index (χ0v) is 18.8. The number of rotatable bonds is 7. The van der Waals surface area contributed by atoms with E-state index in [0.29, 0.717) is 24.2 Å². The zero-order chi connectivity index (χ0) is 23.5. The smallest absolute Gasteiger partial charge is 0.338 e. The third kappa shape index (κ3) is 5.08. The van der Waals surface area contributed by atoms with Gasteiger partial charge in [-0.1, -0.05) is 0 Å². The normalized spacial score (nSPS) is 12.8. The maximum absolute atomic E-state index is 12.8. The maximum atomic E-state index is 12.8. The lowest BCUT2D eigenvalue weighted by Gasteiger charge is -2.16. The average Bonchev–Trinajstić information content (AvgIpc) is 3.17. The van der Waals surface area contributed by atoms with Gasteiger partial charge in [0.2, 0.25) is 10.0 Å². The molecule has 2 aromatic carbocycles. The lowest BCUT2D eigenvalue weighted by Crippen LogP contribution is -2.27. The van der Waals surface area contributed by atoms with Crippen molar-refractivity contribution in [1.29, 1.82) is 0 Å². The number of benzene rings is 2. The number of carbonyl (C=O) groups is 3. The molecule has 32 heavy (non-hydrogen) atoms. The first-order chi connectivity index (χ1) is 15.1. The van der Waals surface area contributed by atoms with Gasteiger partial charge in [-0.2, -0.15) is 0 Å². The predicted molar refractivity (Wildman–Crippen MR) is 119 cm³/mol. The Labute approximate surface area is 186 Å². The summed E-state index contributed by atoms with van der Waals surface area (Å²) in [5, 5.41) is 2.68. The second-order valence-electron chi connectivity index (χ2n) is 7.12. The largest absolute Gasteiger partial charge is 0.462 e. The van der Waals surface area contributed by atoms with Crippen molar-refractivity contribution in [3.63, 3.8) is 0 Å². The van der Waals surface area contributed by atoms with Gasteiger partial charge in [0, 0.05) is 17.8 Å². The van der Waals surface area contributed by atoms with Crippen LogP contribution in [0.3, 0.4) is 0 Å². The molecular weight excluding hydrogens is 436 g/mol. The van der Waals surface area contributed by atoms with Gasteiger partial charge in [0.25, 0.3) is 5.91 Å². The fourth-order valence-corrected chi connectivity index (χ4v) is 4.38. The highest BCUT2D eigenvalue weighted by atomic mass is 32.2. The van der Waals surface area contributed by atoms with Gasteiger partial charge >= 0.3 is 11.9 Å². The van der Waals surface area contributed by atoms with Gasteiger partial charge in [-0.25, -0.2) is 18.0 Å². The molecule has 0 unspecified atom stereocenters. The van der Waals surface area contributed by atoms with Gasteiger partial charge < -0.3 is 14.8 Å². The summed E-state index contributed by atoms with van der Waals surface area (Å²) in [5.41, 5.74) is 2.05. The van der Waals surface area contributed by atoms with Crippen molar-refractivity contribution < 1.29 is 32.3 Å². The average molecular weight is 461 g/mol. The van der Waals surface area contributed by atoms with E-state index >= 15 is 0 Å². The molecule has 10 heteroatoms. The molecule has 1 aliphatic heterocycles. The number of carbonyl (C=O) groups excluding carboxylic acids is 3. The summed E-state index contributed by atoms with van der Waals surface area (Å²) in [5.74, 6) is -1.73. The number of hydrogen-bond donors (Lipinski definition) is 1. The number of nitrogens with zero attached hydrogens (tertiary/aromatic N) is 1. The van der Waals surface area contributed by atoms with E-state index in [-0.39, 0.29) is 30.0 Å². The van der Waals surface area contributed by atoms with E-state index < -0.39 is 27.9 Å². The molecule has 1 aliphatic rings. The summed E-state index contributed by atoms with van der Waals surface area (Å²) in [4.78, 5) is 37.2. The van der Waals surface area contributed by atoms with Crippen LogP contribution in [0.2, 0.25) is 0 Å². The van der Waals surface area contributed by atoms with Crippen LogP contribution < -0.4 is 9.62 Å². The number of anilines is 2. The molecule has 170 valence electrons. The molecule has 0 atom stereocenters. The van der Waals surface area contributed by atoms with E-state index in [4.69, 9.17) is 9.47 Å². The molecule has 0 bridgehead atoms. The summed E-state index contributed by atoms with van der Waals surface area (Å²) in [6.07, 6.45) is 1.63. The van der Waals surface area contributed by atoms with Crippen LogP contribution in [0.1, 0.15) is 50.5 Å². The minimum Gasteiger partial charge on any atom is -0.462 e. The number of ether oxygens (including phenoxy) is 2. The number of fused-ring (bicyclic) bond motifs is 1. The molecule has 0 saturated heterocycles. The molecule has 0 aliphatic carbocycles. The molecule has 0 aromatic heterocycles. The molecule has 0 spiro atoms. The first kappa shape index (κ1) is 23.3. The summed E-state index contributed by atoms with van der Waals surface area (Å²) in [6, 6.07) is 8.93. The van der Waals surface area contributed by atoms with Gasteiger partial charge in [0.15, 0.2) is 0 Å². The van der Waals surface area contributed by atoms with E-state index in [0.717, 1.165) is 11.8 Å². The van der Waals surface area contributed by atoms with Crippen LogP contribution in [0.15, 0.2) is 36.4 Å². The molecule has 9 nitrogen and oxygen atoms in total. The Morgan fingerprint density at radius 3 is 2.06 bits per heavy atom. The third-order valence-electron chi connectivity index (χ3n) is 4.81. The fourth-order valence-electron chi connectivity index (χ4n) is 3.42. The van der Waals surface area contributed by atoms with Crippen molar-refractivity contribution in [3.8, 4) is 0 Å². The first-order valence-electron chi connectivity index (χ1n) is 10.0. The van der Waals surface area contributed by atoms with E-state index in [1.165, 1.54) is 28.6 Å². The van der Waals surface area contributed by atoms with E-state index in [2.05, 4.69) is 5.32 Å². The number of sulfonamides is 1. The molecule has 2 aromatic rings. The van der Waals surface area contributed by atoms with Crippen LogP contribution in [-0.4, -0.2) is 52.3 Å². The van der Waals surface area contributed by atoms with Gasteiger partial charge in [-0.05, 0) is 62.2 Å². The molecule has 1 heterocycles. The number of amides is 1. The third-order valence-corrected chi connectivity index (χ3v) is 5.99. The first-order valence-corrected chi connectivity index (χ1v) is 11.9. The van der Waals surface area contributed by atoms with Crippen molar-refractivity contribution >= 4 is 39.2 Å². The van der Waals surface area contributed by atoms with Crippen LogP contribution in [0.4, 0.5) is 11.4 Å². The summed E-state index contributed by atoms with van der Waals surface area (Å²) >= 11 is 0. The molecule has 0 radical (unpaired) electrons. The van der Waals surface area contributed by atoms with Crippen LogP contribution >= 0.6 is 0 Å². The highest BCUT2D eigenvalue weighted by Crippen LogP contribution is 2.31. The maximum Gasteiger partial charge on any atom is 0.338 e. The fraction of sp³-hybridized carbons (Fsp3) is 0.318. The van der Waals surface area contributed by atoms with Crippen molar-refractivity contribution in [2.45, 2.75) is 20.3 Å². The Kier molecular flexibility index (Phi) is 6.83. The predicted octanol–water partition coefficient (Wildman–Crippen LogP) is 2.61. The number of hydrogen-bond acceptors (Lipinski definition) is 7. The van der Waals surface area contributed by atoms with Gasteiger partial charge in [0.1, 0.15) is 0 Å². The number of nitrogens with one attached hydrogen (secondary N) is 1. The minimum absolute atomic E-state index is 0.102. The van der Waals surface area contributed by atoms with Crippen LogP contribution in [0.25, 0.3) is 0 Å². The van der Waals surface area contributed by atoms with Gasteiger partial charge in [-0.15, -0.1) is 0 Å². The topological polar surface area (TPSA) is 119 Å². The van der Waals surface area contributed by atoms with Crippen molar-refractivity contribution in [2.75, 3.05) is 35.6 Å². The highest BCUT2D eigenvalue weighted by molar-refractivity contribution is 7.92.